The van der Waals surface area contributed by atoms with Crippen LogP contribution in [0.1, 0.15) is 42.3 Å². The van der Waals surface area contributed by atoms with Crippen molar-refractivity contribution in [2.24, 2.45) is 0 Å². The second-order valence-corrected chi connectivity index (χ2v) is 10.1. The largest absolute Gasteiger partial charge is 0.357 e. The van der Waals surface area contributed by atoms with E-state index < -0.39 is 0 Å². The van der Waals surface area contributed by atoms with Crippen molar-refractivity contribution < 1.29 is 4.79 Å². The summed E-state index contributed by atoms with van der Waals surface area (Å²) < 4.78 is 1.66. The smallest absolute Gasteiger partial charge is 0.279 e. The van der Waals surface area contributed by atoms with E-state index in [2.05, 4.69) is 31.1 Å². The number of pyridine rings is 1. The molecule has 3 aromatic carbocycles. The molecule has 0 saturated carbocycles. The van der Waals surface area contributed by atoms with Gasteiger partial charge in [-0.15, -0.1) is 0 Å². The molecular formula is C31H29N3O2. The van der Waals surface area contributed by atoms with E-state index in [1.54, 1.807) is 10.8 Å². The standard InChI is InChI=1S/C31H29N3O2/c1-20-24(11-8-12-27(20)33-29(35)21-13-15-22(16-14-21)31(2,3)4)26-19-34(23-9-6-5-7-10-23)30(36)28-25(26)17-18-32-28/h5-19,32H,1-4H3,(H,33,35). The maximum atomic E-state index is 13.2. The number of nitrogens with zero attached hydrogens (tertiary/aromatic N) is 1. The fourth-order valence-corrected chi connectivity index (χ4v) is 4.52. The number of aromatic amines is 1. The van der Waals surface area contributed by atoms with Crippen LogP contribution >= 0.6 is 0 Å². The highest BCUT2D eigenvalue weighted by molar-refractivity contribution is 6.05. The van der Waals surface area contributed by atoms with Crippen LogP contribution in [0.2, 0.25) is 0 Å². The van der Waals surface area contributed by atoms with E-state index in [0.29, 0.717) is 11.1 Å². The van der Waals surface area contributed by atoms with Gasteiger partial charge in [-0.1, -0.05) is 63.2 Å². The van der Waals surface area contributed by atoms with Gasteiger partial charge in [-0.05, 0) is 65.4 Å². The van der Waals surface area contributed by atoms with Crippen LogP contribution in [0, 0.1) is 6.92 Å². The number of aromatic nitrogens is 2. The minimum absolute atomic E-state index is 0.0275. The number of anilines is 1. The number of H-pyrrole nitrogens is 1. The number of carbonyl (C=O) groups excluding carboxylic acids is 1. The number of hydrogen-bond acceptors (Lipinski definition) is 2. The number of nitrogens with one attached hydrogen (secondary N) is 2. The Hall–Kier alpha value is -4.38. The van der Waals surface area contributed by atoms with Crippen molar-refractivity contribution in [3.63, 3.8) is 0 Å². The summed E-state index contributed by atoms with van der Waals surface area (Å²) in [5, 5.41) is 3.92. The van der Waals surface area contributed by atoms with E-state index >= 15 is 0 Å². The van der Waals surface area contributed by atoms with E-state index in [4.69, 9.17) is 0 Å². The van der Waals surface area contributed by atoms with Crippen LogP contribution in [-0.2, 0) is 5.41 Å². The van der Waals surface area contributed by atoms with Gasteiger partial charge in [-0.2, -0.15) is 0 Å². The third-order valence-corrected chi connectivity index (χ3v) is 6.65. The second-order valence-electron chi connectivity index (χ2n) is 10.1. The highest BCUT2D eigenvalue weighted by Crippen LogP contribution is 2.33. The van der Waals surface area contributed by atoms with Crippen LogP contribution in [0.15, 0.2) is 96.1 Å². The predicted molar refractivity (Wildman–Crippen MR) is 147 cm³/mol. The van der Waals surface area contributed by atoms with E-state index in [0.717, 1.165) is 33.5 Å². The average molecular weight is 476 g/mol. The predicted octanol–water partition coefficient (Wildman–Crippen LogP) is 6.84. The summed E-state index contributed by atoms with van der Waals surface area (Å²) in [4.78, 5) is 29.4. The van der Waals surface area contributed by atoms with Gasteiger partial charge in [0.05, 0.1) is 0 Å². The Bertz CT molecular complexity index is 1620. The van der Waals surface area contributed by atoms with Crippen molar-refractivity contribution in [1.29, 1.82) is 0 Å². The van der Waals surface area contributed by atoms with Gasteiger partial charge >= 0.3 is 0 Å². The molecule has 180 valence electrons. The molecule has 0 bridgehead atoms. The zero-order valence-electron chi connectivity index (χ0n) is 20.9. The van der Waals surface area contributed by atoms with Gasteiger partial charge in [0, 0.05) is 40.3 Å². The zero-order valence-corrected chi connectivity index (χ0v) is 20.9. The van der Waals surface area contributed by atoms with Crippen molar-refractivity contribution >= 4 is 22.5 Å². The van der Waals surface area contributed by atoms with Crippen molar-refractivity contribution in [3.05, 3.63) is 118 Å². The van der Waals surface area contributed by atoms with Gasteiger partial charge in [-0.25, -0.2) is 0 Å². The lowest BCUT2D eigenvalue weighted by Gasteiger charge is -2.19. The molecule has 0 saturated heterocycles. The molecule has 5 aromatic rings. The first-order chi connectivity index (χ1) is 17.2. The Kier molecular flexibility index (Phi) is 5.84. The fraction of sp³-hybridized carbons (Fsp3) is 0.161. The fourth-order valence-electron chi connectivity index (χ4n) is 4.52. The Morgan fingerprint density at radius 2 is 1.58 bits per heavy atom. The van der Waals surface area contributed by atoms with Crippen molar-refractivity contribution in [3.8, 4) is 16.8 Å². The quantitative estimate of drug-likeness (QED) is 0.299. The lowest BCUT2D eigenvalue weighted by atomic mass is 9.86. The third-order valence-electron chi connectivity index (χ3n) is 6.65. The van der Waals surface area contributed by atoms with Crippen molar-refractivity contribution in [1.82, 2.24) is 9.55 Å². The Morgan fingerprint density at radius 3 is 2.28 bits per heavy atom. The number of hydrogen-bond donors (Lipinski definition) is 2. The van der Waals surface area contributed by atoms with E-state index in [-0.39, 0.29) is 16.9 Å². The molecular weight excluding hydrogens is 446 g/mol. The molecule has 5 heteroatoms. The normalized spacial score (nSPS) is 11.6. The molecule has 0 fully saturated rings. The molecule has 0 aliphatic carbocycles. The van der Waals surface area contributed by atoms with Crippen molar-refractivity contribution in [2.75, 3.05) is 5.32 Å². The number of rotatable bonds is 4. The molecule has 0 spiro atoms. The van der Waals surface area contributed by atoms with E-state index in [1.165, 1.54) is 5.56 Å². The first-order valence-corrected chi connectivity index (χ1v) is 12.0. The molecule has 2 heterocycles. The first-order valence-electron chi connectivity index (χ1n) is 12.0. The van der Waals surface area contributed by atoms with Crippen LogP contribution in [-0.4, -0.2) is 15.5 Å². The Labute approximate surface area is 210 Å². The summed E-state index contributed by atoms with van der Waals surface area (Å²) in [7, 11) is 0. The molecule has 0 aliphatic heterocycles. The van der Waals surface area contributed by atoms with Crippen LogP contribution < -0.4 is 10.9 Å². The second kappa shape index (κ2) is 9.00. The lowest BCUT2D eigenvalue weighted by Crippen LogP contribution is -2.18. The zero-order chi connectivity index (χ0) is 25.4. The van der Waals surface area contributed by atoms with Gasteiger partial charge < -0.3 is 10.3 Å². The lowest BCUT2D eigenvalue weighted by molar-refractivity contribution is 0.102. The summed E-state index contributed by atoms with van der Waals surface area (Å²) in [6.45, 7) is 8.45. The van der Waals surface area contributed by atoms with Crippen LogP contribution in [0.5, 0.6) is 0 Å². The first kappa shape index (κ1) is 23.4. The number of amides is 1. The minimum Gasteiger partial charge on any atom is -0.357 e. The molecule has 1 amide bonds. The number of fused-ring (bicyclic) bond motifs is 1. The summed E-state index contributed by atoms with van der Waals surface area (Å²) in [6.07, 6.45) is 3.67. The number of benzene rings is 3. The summed E-state index contributed by atoms with van der Waals surface area (Å²) in [5.74, 6) is -0.156. The highest BCUT2D eigenvalue weighted by atomic mass is 16.1. The molecule has 2 aromatic heterocycles. The molecule has 0 atom stereocenters. The topological polar surface area (TPSA) is 66.9 Å². The number of carbonyl (C=O) groups is 1. The van der Waals surface area contributed by atoms with Gasteiger partial charge in [0.1, 0.15) is 5.52 Å². The van der Waals surface area contributed by atoms with Crippen LogP contribution in [0.3, 0.4) is 0 Å². The van der Waals surface area contributed by atoms with Gasteiger partial charge in [0.2, 0.25) is 0 Å². The Balaban J connectivity index is 1.55. The maximum absolute atomic E-state index is 13.2. The monoisotopic (exact) mass is 475 g/mol. The van der Waals surface area contributed by atoms with E-state index in [1.807, 2.05) is 92.0 Å². The summed E-state index contributed by atoms with van der Waals surface area (Å²) in [5.41, 5.74) is 6.58. The number of para-hydroxylation sites is 1. The Morgan fingerprint density at radius 1 is 0.861 bits per heavy atom. The van der Waals surface area contributed by atoms with Gasteiger partial charge in [-0.3, -0.25) is 14.2 Å². The summed E-state index contributed by atoms with van der Waals surface area (Å²) in [6, 6.07) is 25.1. The summed E-state index contributed by atoms with van der Waals surface area (Å²) >= 11 is 0. The SMILES string of the molecule is Cc1c(NC(=O)c2ccc(C(C)(C)C)cc2)cccc1-c1cn(-c2ccccc2)c(=O)c2[nH]ccc12. The molecule has 5 nitrogen and oxygen atoms in total. The third kappa shape index (κ3) is 4.24. The molecule has 0 unspecified atom stereocenters. The molecule has 0 aliphatic rings. The van der Waals surface area contributed by atoms with Crippen LogP contribution in [0.4, 0.5) is 5.69 Å². The van der Waals surface area contributed by atoms with Gasteiger partial charge in [0.25, 0.3) is 11.5 Å². The van der Waals surface area contributed by atoms with Crippen molar-refractivity contribution in [2.45, 2.75) is 33.1 Å². The molecule has 36 heavy (non-hydrogen) atoms. The average Bonchev–Trinajstić information content (AvgIpc) is 3.37. The molecule has 0 radical (unpaired) electrons. The maximum Gasteiger partial charge on any atom is 0.279 e. The molecule has 5 rings (SSSR count). The van der Waals surface area contributed by atoms with E-state index in [9.17, 15) is 9.59 Å². The van der Waals surface area contributed by atoms with Crippen LogP contribution in [0.25, 0.3) is 27.7 Å². The highest BCUT2D eigenvalue weighted by Gasteiger charge is 2.17. The molecule has 2 N–H and O–H groups in total. The van der Waals surface area contributed by atoms with Gasteiger partial charge in [0.15, 0.2) is 0 Å². The minimum atomic E-state index is -0.156.